The molecular weight excluding hydrogens is 319 g/mol. The summed E-state index contributed by atoms with van der Waals surface area (Å²) < 4.78 is 13.5. The van der Waals surface area contributed by atoms with Crippen LogP contribution in [-0.2, 0) is 9.59 Å². The van der Waals surface area contributed by atoms with Crippen LogP contribution in [-0.4, -0.2) is 18.4 Å². The summed E-state index contributed by atoms with van der Waals surface area (Å²) in [5.74, 6) is 1.57. The predicted molar refractivity (Wildman–Crippen MR) is 93.3 cm³/mol. The Labute approximate surface area is 147 Å². The van der Waals surface area contributed by atoms with Crippen molar-refractivity contribution in [2.75, 3.05) is 11.9 Å². The minimum absolute atomic E-state index is 0.130. The van der Waals surface area contributed by atoms with Crippen LogP contribution in [0, 0.1) is 29.0 Å². The lowest BCUT2D eigenvalue weighted by atomic mass is 9.49. The maximum atomic E-state index is 13.5. The average Bonchev–Trinajstić information content (AvgIpc) is 2.55. The van der Waals surface area contributed by atoms with Crippen molar-refractivity contribution >= 4 is 17.5 Å². The van der Waals surface area contributed by atoms with Gasteiger partial charge in [0.05, 0.1) is 5.69 Å². The van der Waals surface area contributed by atoms with Crippen molar-refractivity contribution in [2.24, 2.45) is 23.2 Å². The number of rotatable bonds is 5. The van der Waals surface area contributed by atoms with Crippen molar-refractivity contribution in [3.8, 4) is 0 Å². The number of carbonyl (C=O) groups excluding carboxylic acids is 2. The van der Waals surface area contributed by atoms with Crippen LogP contribution in [0.5, 0.6) is 0 Å². The van der Waals surface area contributed by atoms with E-state index in [2.05, 4.69) is 10.6 Å². The van der Waals surface area contributed by atoms with Crippen LogP contribution in [0.1, 0.15) is 44.9 Å². The van der Waals surface area contributed by atoms with Gasteiger partial charge < -0.3 is 10.6 Å². The molecule has 0 atom stereocenters. The molecule has 4 nitrogen and oxygen atoms in total. The van der Waals surface area contributed by atoms with Gasteiger partial charge in [-0.25, -0.2) is 4.39 Å². The number of halogens is 1. The zero-order valence-corrected chi connectivity index (χ0v) is 14.4. The van der Waals surface area contributed by atoms with Gasteiger partial charge in [0.2, 0.25) is 11.8 Å². The van der Waals surface area contributed by atoms with E-state index in [1.165, 1.54) is 31.4 Å². The first kappa shape index (κ1) is 16.6. The zero-order chi connectivity index (χ0) is 17.4. The number of hydrogen-bond donors (Lipinski definition) is 2. The number of nitrogens with one attached hydrogen (secondary N) is 2. The minimum Gasteiger partial charge on any atom is -0.355 e. The van der Waals surface area contributed by atoms with Gasteiger partial charge in [-0.15, -0.1) is 0 Å². The third-order valence-electron chi connectivity index (χ3n) is 6.31. The summed E-state index contributed by atoms with van der Waals surface area (Å²) in [5, 5.41) is 5.53. The Morgan fingerprint density at radius 2 is 1.64 bits per heavy atom. The molecule has 0 spiro atoms. The molecule has 0 aliphatic heterocycles. The summed E-state index contributed by atoms with van der Waals surface area (Å²) in [5.41, 5.74) is -0.00329. The molecular formula is C20H25FN2O2. The largest absolute Gasteiger partial charge is 0.355 e. The molecule has 2 amide bonds. The Kier molecular flexibility index (Phi) is 4.26. The van der Waals surface area contributed by atoms with Crippen LogP contribution in [0.3, 0.4) is 0 Å². The molecule has 0 unspecified atom stereocenters. The number of anilines is 1. The highest BCUT2D eigenvalue weighted by Crippen LogP contribution is 2.60. The van der Waals surface area contributed by atoms with E-state index in [9.17, 15) is 14.0 Å². The molecule has 4 aliphatic carbocycles. The van der Waals surface area contributed by atoms with Crippen LogP contribution < -0.4 is 10.6 Å². The third-order valence-corrected chi connectivity index (χ3v) is 6.31. The van der Waals surface area contributed by atoms with Crippen molar-refractivity contribution < 1.29 is 14.0 Å². The third kappa shape index (κ3) is 3.29. The second-order valence-corrected chi connectivity index (χ2v) is 8.23. The van der Waals surface area contributed by atoms with E-state index in [0.717, 1.165) is 37.0 Å². The summed E-state index contributed by atoms with van der Waals surface area (Å²) in [6, 6.07) is 6.09. The molecule has 4 aliphatic rings. The van der Waals surface area contributed by atoms with Gasteiger partial charge in [0.15, 0.2) is 0 Å². The van der Waals surface area contributed by atoms with Crippen LogP contribution in [0.25, 0.3) is 0 Å². The number of carbonyl (C=O) groups is 2. The van der Waals surface area contributed by atoms with Crippen LogP contribution in [0.15, 0.2) is 24.3 Å². The van der Waals surface area contributed by atoms with Crippen LogP contribution in [0.4, 0.5) is 10.1 Å². The molecule has 5 heteroatoms. The molecule has 0 saturated heterocycles. The zero-order valence-electron chi connectivity index (χ0n) is 14.4. The first-order valence-electron chi connectivity index (χ1n) is 9.37. The topological polar surface area (TPSA) is 58.2 Å². The van der Waals surface area contributed by atoms with E-state index in [4.69, 9.17) is 0 Å². The van der Waals surface area contributed by atoms with E-state index in [1.54, 1.807) is 12.1 Å². The molecule has 0 radical (unpaired) electrons. The summed E-state index contributed by atoms with van der Waals surface area (Å²) >= 11 is 0. The quantitative estimate of drug-likeness (QED) is 0.859. The Morgan fingerprint density at radius 1 is 1.04 bits per heavy atom. The molecule has 0 aromatic heterocycles. The standard InChI is InChI=1S/C20H25FN2O2/c21-16-3-1-2-4-17(16)23-18(24)5-6-22-19(25)20-10-13-7-14(11-20)9-15(8-13)12-20/h1-4,13-15H,5-12H2,(H,22,25)(H,23,24). The number of hydrogen-bond acceptors (Lipinski definition) is 2. The van der Waals surface area contributed by atoms with Gasteiger partial charge in [-0.2, -0.15) is 0 Å². The van der Waals surface area contributed by atoms with Gasteiger partial charge in [-0.3, -0.25) is 9.59 Å². The van der Waals surface area contributed by atoms with Gasteiger partial charge in [0.1, 0.15) is 5.82 Å². The lowest BCUT2D eigenvalue weighted by Gasteiger charge is -2.55. The molecule has 25 heavy (non-hydrogen) atoms. The Hall–Kier alpha value is -1.91. The van der Waals surface area contributed by atoms with Gasteiger partial charge in [0.25, 0.3) is 0 Å². The second kappa shape index (κ2) is 6.43. The van der Waals surface area contributed by atoms with Crippen molar-refractivity contribution in [1.29, 1.82) is 0 Å². The molecule has 134 valence electrons. The molecule has 1 aromatic rings. The monoisotopic (exact) mass is 344 g/mol. The van der Waals surface area contributed by atoms with E-state index < -0.39 is 5.82 Å². The van der Waals surface area contributed by atoms with Crippen molar-refractivity contribution in [2.45, 2.75) is 44.9 Å². The van der Waals surface area contributed by atoms with Crippen molar-refractivity contribution in [3.05, 3.63) is 30.1 Å². The van der Waals surface area contributed by atoms with E-state index in [0.29, 0.717) is 6.54 Å². The predicted octanol–water partition coefficient (Wildman–Crippen LogP) is 3.49. The van der Waals surface area contributed by atoms with E-state index in [-0.39, 0.29) is 29.3 Å². The maximum Gasteiger partial charge on any atom is 0.226 e. The van der Waals surface area contributed by atoms with Gasteiger partial charge >= 0.3 is 0 Å². The molecule has 0 heterocycles. The maximum absolute atomic E-state index is 13.5. The fourth-order valence-corrected chi connectivity index (χ4v) is 5.64. The lowest BCUT2D eigenvalue weighted by molar-refractivity contribution is -0.146. The normalized spacial score (nSPS) is 32.4. The first-order valence-corrected chi connectivity index (χ1v) is 9.37. The van der Waals surface area contributed by atoms with Crippen molar-refractivity contribution in [3.63, 3.8) is 0 Å². The first-order chi connectivity index (χ1) is 12.0. The Balaban J connectivity index is 1.28. The average molecular weight is 344 g/mol. The summed E-state index contributed by atoms with van der Waals surface area (Å²) in [6.07, 6.45) is 7.13. The molecule has 5 rings (SSSR count). The highest BCUT2D eigenvalue weighted by Gasteiger charge is 2.54. The number of benzene rings is 1. The Morgan fingerprint density at radius 3 is 2.24 bits per heavy atom. The summed E-state index contributed by atoms with van der Waals surface area (Å²) in [6.45, 7) is 0.306. The molecule has 4 fully saturated rings. The highest BCUT2D eigenvalue weighted by molar-refractivity contribution is 5.91. The van der Waals surface area contributed by atoms with Gasteiger partial charge in [-0.05, 0) is 68.4 Å². The molecule has 4 bridgehead atoms. The number of para-hydroxylation sites is 1. The second-order valence-electron chi connectivity index (χ2n) is 8.23. The van der Waals surface area contributed by atoms with Crippen LogP contribution in [0.2, 0.25) is 0 Å². The van der Waals surface area contributed by atoms with E-state index in [1.807, 2.05) is 0 Å². The van der Waals surface area contributed by atoms with Crippen molar-refractivity contribution in [1.82, 2.24) is 5.32 Å². The van der Waals surface area contributed by atoms with Gasteiger partial charge in [-0.1, -0.05) is 12.1 Å². The van der Waals surface area contributed by atoms with Crippen LogP contribution >= 0.6 is 0 Å². The number of amides is 2. The summed E-state index contributed by atoms with van der Waals surface area (Å²) in [4.78, 5) is 24.8. The molecule has 2 N–H and O–H groups in total. The fraction of sp³-hybridized carbons (Fsp3) is 0.600. The highest BCUT2D eigenvalue weighted by atomic mass is 19.1. The minimum atomic E-state index is -0.451. The van der Waals surface area contributed by atoms with Gasteiger partial charge in [0, 0.05) is 18.4 Å². The smallest absolute Gasteiger partial charge is 0.226 e. The lowest BCUT2D eigenvalue weighted by Crippen LogP contribution is -2.53. The van der Waals surface area contributed by atoms with E-state index >= 15 is 0 Å². The molecule has 1 aromatic carbocycles. The SMILES string of the molecule is O=C(CCNC(=O)C12CC3CC(CC(C3)C1)C2)Nc1ccccc1F. The Bertz CT molecular complexity index is 653. The molecule has 4 saturated carbocycles. The summed E-state index contributed by atoms with van der Waals surface area (Å²) in [7, 11) is 0. The fourth-order valence-electron chi connectivity index (χ4n) is 5.64.